The molecule has 4 heteroatoms. The molecule has 20 heavy (non-hydrogen) atoms. The number of ether oxygens (including phenoxy) is 1. The number of hydrogen-bond acceptors (Lipinski definition) is 3. The van der Waals surface area contributed by atoms with Gasteiger partial charge in [-0.05, 0) is 17.7 Å². The predicted octanol–water partition coefficient (Wildman–Crippen LogP) is 3.61. The molecule has 0 aliphatic carbocycles. The van der Waals surface area contributed by atoms with E-state index in [1.54, 1.807) is 0 Å². The van der Waals surface area contributed by atoms with Gasteiger partial charge in [0.15, 0.2) is 0 Å². The summed E-state index contributed by atoms with van der Waals surface area (Å²) in [5.74, 6) is -0.269. The number of benzene rings is 2. The zero-order chi connectivity index (χ0) is 14.2. The number of carbonyl (C=O) groups excluding carboxylic acids is 1. The number of nitrogens with one attached hydrogen (secondary N) is 1. The van der Waals surface area contributed by atoms with E-state index in [1.807, 2.05) is 60.7 Å². The van der Waals surface area contributed by atoms with E-state index >= 15 is 0 Å². The fourth-order valence-electron chi connectivity index (χ4n) is 1.73. The Hall–Kier alpha value is -1.81. The number of hydrogen-bond donors (Lipinski definition) is 1. The van der Waals surface area contributed by atoms with E-state index in [0.29, 0.717) is 11.9 Å². The summed E-state index contributed by atoms with van der Waals surface area (Å²) in [6.07, 6.45) is 0. The van der Waals surface area contributed by atoms with Crippen molar-refractivity contribution >= 4 is 27.6 Å². The van der Waals surface area contributed by atoms with Gasteiger partial charge in [0, 0.05) is 11.0 Å². The van der Waals surface area contributed by atoms with Gasteiger partial charge >= 0.3 is 5.97 Å². The first-order valence-corrected chi connectivity index (χ1v) is 7.50. The Bertz CT molecular complexity index is 531. The normalized spacial score (nSPS) is 11.7. The van der Waals surface area contributed by atoms with Crippen LogP contribution in [0.5, 0.6) is 0 Å². The first-order chi connectivity index (χ1) is 9.79. The van der Waals surface area contributed by atoms with Gasteiger partial charge in [-0.25, -0.2) is 4.79 Å². The Labute approximate surface area is 127 Å². The summed E-state index contributed by atoms with van der Waals surface area (Å²) in [5.41, 5.74) is 1.88. The summed E-state index contributed by atoms with van der Waals surface area (Å²) in [6.45, 7) is 0.291. The van der Waals surface area contributed by atoms with E-state index in [0.717, 1.165) is 11.3 Å². The lowest BCUT2D eigenvalue weighted by molar-refractivity contribution is -0.145. The molecule has 0 aliphatic rings. The lowest BCUT2D eigenvalue weighted by Gasteiger charge is -2.16. The molecule has 1 N–H and O–H groups in total. The number of halogens is 1. The molecule has 0 radical (unpaired) electrons. The Kier molecular flexibility index (Phi) is 5.62. The molecule has 3 nitrogen and oxygen atoms in total. The Morgan fingerprint density at radius 2 is 1.65 bits per heavy atom. The topological polar surface area (TPSA) is 38.3 Å². The van der Waals surface area contributed by atoms with E-state index in [9.17, 15) is 4.79 Å². The van der Waals surface area contributed by atoms with Gasteiger partial charge in [-0.3, -0.25) is 0 Å². The van der Waals surface area contributed by atoms with Crippen LogP contribution in [0, 0.1) is 0 Å². The maximum absolute atomic E-state index is 12.0. The minimum absolute atomic E-state index is 0.269. The molecule has 0 aromatic heterocycles. The van der Waals surface area contributed by atoms with Crippen molar-refractivity contribution in [3.63, 3.8) is 0 Å². The van der Waals surface area contributed by atoms with Crippen LogP contribution in [0.3, 0.4) is 0 Å². The summed E-state index contributed by atoms with van der Waals surface area (Å²) in [7, 11) is 0. The average molecular weight is 334 g/mol. The van der Waals surface area contributed by atoms with E-state index in [4.69, 9.17) is 4.74 Å². The van der Waals surface area contributed by atoms with Crippen molar-refractivity contribution in [3.8, 4) is 0 Å². The maximum Gasteiger partial charge on any atom is 0.329 e. The SMILES string of the molecule is O=C(OCc1ccccc1)C(CBr)Nc1ccccc1. The Morgan fingerprint density at radius 1 is 1.05 bits per heavy atom. The zero-order valence-corrected chi connectivity index (χ0v) is 12.5. The van der Waals surface area contributed by atoms with Crippen LogP contribution in [0.1, 0.15) is 5.56 Å². The molecule has 1 atom stereocenters. The predicted molar refractivity (Wildman–Crippen MR) is 83.9 cm³/mol. The number of anilines is 1. The van der Waals surface area contributed by atoms with E-state index in [1.165, 1.54) is 0 Å². The first-order valence-electron chi connectivity index (χ1n) is 6.37. The highest BCUT2D eigenvalue weighted by Gasteiger charge is 2.18. The zero-order valence-electron chi connectivity index (χ0n) is 11.0. The van der Waals surface area contributed by atoms with E-state index in [-0.39, 0.29) is 5.97 Å². The molecule has 0 spiro atoms. The van der Waals surface area contributed by atoms with Crippen molar-refractivity contribution in [2.75, 3.05) is 10.6 Å². The van der Waals surface area contributed by atoms with E-state index < -0.39 is 6.04 Å². The van der Waals surface area contributed by atoms with Crippen molar-refractivity contribution in [1.82, 2.24) is 0 Å². The van der Waals surface area contributed by atoms with E-state index in [2.05, 4.69) is 21.2 Å². The molecule has 104 valence electrons. The van der Waals surface area contributed by atoms with Crippen LogP contribution >= 0.6 is 15.9 Å². The lowest BCUT2D eigenvalue weighted by Crippen LogP contribution is -2.32. The summed E-state index contributed by atoms with van der Waals surface area (Å²) in [6, 6.07) is 18.8. The molecule has 0 bridgehead atoms. The molecule has 2 aromatic carbocycles. The van der Waals surface area contributed by atoms with Gasteiger partial charge in [-0.1, -0.05) is 64.5 Å². The van der Waals surface area contributed by atoms with Gasteiger partial charge in [0.05, 0.1) is 0 Å². The lowest BCUT2D eigenvalue weighted by atomic mass is 10.2. The number of rotatable bonds is 6. The monoisotopic (exact) mass is 333 g/mol. The average Bonchev–Trinajstić information content (AvgIpc) is 2.52. The minimum atomic E-state index is -0.402. The maximum atomic E-state index is 12.0. The smallest absolute Gasteiger partial charge is 0.329 e. The van der Waals surface area contributed by atoms with Crippen LogP contribution in [0.2, 0.25) is 0 Å². The third-order valence-electron chi connectivity index (χ3n) is 2.78. The second-order valence-corrected chi connectivity index (χ2v) is 4.96. The largest absolute Gasteiger partial charge is 0.459 e. The Balaban J connectivity index is 1.89. The summed E-state index contributed by atoms with van der Waals surface area (Å²) < 4.78 is 5.32. The summed E-state index contributed by atoms with van der Waals surface area (Å²) in [4.78, 5) is 12.0. The summed E-state index contributed by atoms with van der Waals surface area (Å²) in [5, 5.41) is 3.64. The van der Waals surface area contributed by atoms with Crippen molar-refractivity contribution in [2.24, 2.45) is 0 Å². The van der Waals surface area contributed by atoms with Crippen molar-refractivity contribution in [2.45, 2.75) is 12.6 Å². The van der Waals surface area contributed by atoms with Crippen LogP contribution < -0.4 is 5.32 Å². The molecule has 0 amide bonds. The molecule has 0 heterocycles. The van der Waals surface area contributed by atoms with Crippen LogP contribution in [0.15, 0.2) is 60.7 Å². The molecule has 1 unspecified atom stereocenters. The van der Waals surface area contributed by atoms with Crippen LogP contribution in [0.25, 0.3) is 0 Å². The van der Waals surface area contributed by atoms with Crippen molar-refractivity contribution in [3.05, 3.63) is 66.2 Å². The van der Waals surface area contributed by atoms with Gasteiger partial charge in [0.25, 0.3) is 0 Å². The highest BCUT2D eigenvalue weighted by molar-refractivity contribution is 9.09. The van der Waals surface area contributed by atoms with Crippen LogP contribution in [-0.2, 0) is 16.1 Å². The first kappa shape index (κ1) is 14.6. The Morgan fingerprint density at radius 3 is 2.25 bits per heavy atom. The molecule has 2 aromatic rings. The fourth-order valence-corrected chi connectivity index (χ4v) is 2.15. The summed E-state index contributed by atoms with van der Waals surface area (Å²) >= 11 is 3.34. The third kappa shape index (κ3) is 4.38. The number of para-hydroxylation sites is 1. The fraction of sp³-hybridized carbons (Fsp3) is 0.188. The molecular weight excluding hydrogens is 318 g/mol. The number of carbonyl (C=O) groups is 1. The highest BCUT2D eigenvalue weighted by Crippen LogP contribution is 2.10. The minimum Gasteiger partial charge on any atom is -0.459 e. The quantitative estimate of drug-likeness (QED) is 0.648. The van der Waals surface area contributed by atoms with Gasteiger partial charge in [-0.2, -0.15) is 0 Å². The standard InChI is InChI=1S/C16H16BrNO2/c17-11-15(18-14-9-5-2-6-10-14)16(19)20-12-13-7-3-1-4-8-13/h1-10,15,18H,11-12H2. The third-order valence-corrected chi connectivity index (χ3v) is 3.42. The van der Waals surface area contributed by atoms with Gasteiger partial charge < -0.3 is 10.1 Å². The second-order valence-electron chi connectivity index (χ2n) is 4.31. The second kappa shape index (κ2) is 7.70. The highest BCUT2D eigenvalue weighted by atomic mass is 79.9. The van der Waals surface area contributed by atoms with Gasteiger partial charge in [0.2, 0.25) is 0 Å². The molecule has 0 aliphatic heterocycles. The molecule has 0 fully saturated rings. The van der Waals surface area contributed by atoms with Crippen molar-refractivity contribution in [1.29, 1.82) is 0 Å². The molecular formula is C16H16BrNO2. The van der Waals surface area contributed by atoms with Crippen molar-refractivity contribution < 1.29 is 9.53 Å². The molecule has 0 saturated carbocycles. The number of alkyl halides is 1. The number of esters is 1. The molecule has 2 rings (SSSR count). The van der Waals surface area contributed by atoms with Crippen LogP contribution in [0.4, 0.5) is 5.69 Å². The van der Waals surface area contributed by atoms with Crippen LogP contribution in [-0.4, -0.2) is 17.3 Å². The van der Waals surface area contributed by atoms with Gasteiger partial charge in [-0.15, -0.1) is 0 Å². The van der Waals surface area contributed by atoms with Gasteiger partial charge in [0.1, 0.15) is 12.6 Å². The molecule has 0 saturated heterocycles.